The Morgan fingerprint density at radius 3 is 2.76 bits per heavy atom. The van der Waals surface area contributed by atoms with Gasteiger partial charge in [0.25, 0.3) is 0 Å². The van der Waals surface area contributed by atoms with Crippen molar-refractivity contribution < 1.29 is 14.6 Å². The number of nitrogens with zero attached hydrogens (tertiary/aromatic N) is 1. The van der Waals surface area contributed by atoms with Gasteiger partial charge < -0.3 is 9.84 Å². The highest BCUT2D eigenvalue weighted by atomic mass is 35.5. The van der Waals surface area contributed by atoms with Crippen LogP contribution in [0.5, 0.6) is 5.75 Å². The summed E-state index contributed by atoms with van der Waals surface area (Å²) in [6.07, 6.45) is 0. The second-order valence-electron chi connectivity index (χ2n) is 3.58. The van der Waals surface area contributed by atoms with Crippen LogP contribution in [-0.2, 0) is 0 Å². The molecule has 5 heteroatoms. The minimum absolute atomic E-state index is 0.0558. The fraction of sp³-hybridized carbons (Fsp3) is 0.167. The number of carboxylic acids is 1. The van der Waals surface area contributed by atoms with E-state index in [9.17, 15) is 4.79 Å². The van der Waals surface area contributed by atoms with E-state index in [-0.39, 0.29) is 5.69 Å². The van der Waals surface area contributed by atoms with Crippen LogP contribution in [0.3, 0.4) is 0 Å². The summed E-state index contributed by atoms with van der Waals surface area (Å²) in [4.78, 5) is 15.0. The Balaban J connectivity index is 2.88. The maximum Gasteiger partial charge on any atom is 0.354 e. The fourth-order valence-corrected chi connectivity index (χ4v) is 1.80. The lowest BCUT2D eigenvalue weighted by Gasteiger charge is -2.09. The zero-order valence-corrected chi connectivity index (χ0v) is 10.1. The lowest BCUT2D eigenvalue weighted by molar-refractivity contribution is 0.0690. The average molecular weight is 252 g/mol. The number of benzene rings is 1. The molecule has 1 aromatic heterocycles. The van der Waals surface area contributed by atoms with Crippen molar-refractivity contribution in [2.45, 2.75) is 6.92 Å². The molecule has 17 heavy (non-hydrogen) atoms. The molecule has 0 saturated heterocycles. The molecule has 4 nitrogen and oxygen atoms in total. The molecule has 0 radical (unpaired) electrons. The van der Waals surface area contributed by atoms with E-state index in [1.54, 1.807) is 19.1 Å². The highest BCUT2D eigenvalue weighted by Gasteiger charge is 2.13. The Bertz CT molecular complexity index is 610. The Morgan fingerprint density at radius 1 is 1.47 bits per heavy atom. The van der Waals surface area contributed by atoms with Gasteiger partial charge in [-0.25, -0.2) is 9.78 Å². The number of carboxylic acid groups (broad SMARTS) is 1. The lowest BCUT2D eigenvalue weighted by atomic mass is 10.1. The zero-order chi connectivity index (χ0) is 12.6. The number of hydrogen-bond acceptors (Lipinski definition) is 3. The first-order valence-corrected chi connectivity index (χ1v) is 5.29. The van der Waals surface area contributed by atoms with E-state index in [1.807, 2.05) is 0 Å². The number of pyridine rings is 1. The molecular formula is C12H10ClNO3. The van der Waals surface area contributed by atoms with E-state index in [1.165, 1.54) is 13.2 Å². The molecule has 88 valence electrons. The van der Waals surface area contributed by atoms with Gasteiger partial charge in [-0.3, -0.25) is 0 Å². The largest absolute Gasteiger partial charge is 0.496 e. The third-order valence-electron chi connectivity index (χ3n) is 2.57. The van der Waals surface area contributed by atoms with Crippen LogP contribution in [0.15, 0.2) is 18.2 Å². The smallest absolute Gasteiger partial charge is 0.354 e. The van der Waals surface area contributed by atoms with Crippen molar-refractivity contribution in [3.63, 3.8) is 0 Å². The normalized spacial score (nSPS) is 10.5. The van der Waals surface area contributed by atoms with Crippen molar-refractivity contribution in [1.82, 2.24) is 4.98 Å². The van der Waals surface area contributed by atoms with Crippen LogP contribution in [0.1, 0.15) is 16.1 Å². The second kappa shape index (κ2) is 4.22. The van der Waals surface area contributed by atoms with Crippen LogP contribution in [0.4, 0.5) is 0 Å². The first kappa shape index (κ1) is 11.7. The minimum atomic E-state index is -1.09. The molecule has 0 spiro atoms. The Hall–Kier alpha value is -1.81. The summed E-state index contributed by atoms with van der Waals surface area (Å²) >= 11 is 5.99. The van der Waals surface area contributed by atoms with Gasteiger partial charge in [-0.15, -0.1) is 0 Å². The number of aromatic nitrogens is 1. The van der Waals surface area contributed by atoms with Gasteiger partial charge in [-0.05, 0) is 24.6 Å². The van der Waals surface area contributed by atoms with Crippen LogP contribution in [-0.4, -0.2) is 23.2 Å². The zero-order valence-electron chi connectivity index (χ0n) is 9.32. The Morgan fingerprint density at radius 2 is 2.18 bits per heavy atom. The van der Waals surface area contributed by atoms with Crippen LogP contribution < -0.4 is 4.74 Å². The number of ether oxygens (including phenoxy) is 1. The number of aryl methyl sites for hydroxylation is 1. The number of fused-ring (bicyclic) bond motifs is 1. The summed E-state index contributed by atoms with van der Waals surface area (Å²) in [5.41, 5.74) is 1.24. The van der Waals surface area contributed by atoms with E-state index < -0.39 is 5.97 Å². The standard InChI is InChI=1S/C12H10ClNO3/c1-6-8(13)4-3-7-10(17-2)5-9(12(15)16)14-11(6)7/h3-5H,1-2H3,(H,15,16). The topological polar surface area (TPSA) is 59.4 Å². The van der Waals surface area contributed by atoms with Gasteiger partial charge >= 0.3 is 5.97 Å². The van der Waals surface area contributed by atoms with E-state index in [2.05, 4.69) is 4.98 Å². The SMILES string of the molecule is COc1cc(C(=O)O)nc2c(C)c(Cl)ccc12. The summed E-state index contributed by atoms with van der Waals surface area (Å²) in [6.45, 7) is 1.79. The highest BCUT2D eigenvalue weighted by Crippen LogP contribution is 2.30. The molecule has 0 aliphatic rings. The molecule has 0 aliphatic heterocycles. The van der Waals surface area contributed by atoms with E-state index >= 15 is 0 Å². The third-order valence-corrected chi connectivity index (χ3v) is 2.98. The lowest BCUT2D eigenvalue weighted by Crippen LogP contribution is -2.02. The van der Waals surface area contributed by atoms with Crippen molar-refractivity contribution in [1.29, 1.82) is 0 Å². The molecule has 0 aliphatic carbocycles. The second-order valence-corrected chi connectivity index (χ2v) is 3.99. The van der Waals surface area contributed by atoms with Crippen LogP contribution >= 0.6 is 11.6 Å². The van der Waals surface area contributed by atoms with Crippen molar-refractivity contribution in [3.05, 3.63) is 34.5 Å². The molecule has 2 aromatic rings. The van der Waals surface area contributed by atoms with E-state index in [0.29, 0.717) is 16.3 Å². The minimum Gasteiger partial charge on any atom is -0.496 e. The van der Waals surface area contributed by atoms with Gasteiger partial charge in [-0.1, -0.05) is 11.6 Å². The van der Waals surface area contributed by atoms with Gasteiger partial charge in [0.05, 0.1) is 12.6 Å². The van der Waals surface area contributed by atoms with Crippen molar-refractivity contribution >= 4 is 28.5 Å². The maximum absolute atomic E-state index is 11.0. The van der Waals surface area contributed by atoms with Gasteiger partial charge in [0.1, 0.15) is 5.75 Å². The first-order valence-electron chi connectivity index (χ1n) is 4.91. The van der Waals surface area contributed by atoms with Crippen LogP contribution in [0, 0.1) is 6.92 Å². The maximum atomic E-state index is 11.0. The molecule has 0 bridgehead atoms. The van der Waals surface area contributed by atoms with Crippen molar-refractivity contribution in [2.24, 2.45) is 0 Å². The molecule has 0 saturated carbocycles. The number of hydrogen-bond donors (Lipinski definition) is 1. The number of rotatable bonds is 2. The summed E-state index contributed by atoms with van der Waals surface area (Å²) in [5.74, 6) is -0.614. The molecule has 2 rings (SSSR count). The molecule has 1 aromatic carbocycles. The molecule has 0 amide bonds. The molecule has 0 unspecified atom stereocenters. The summed E-state index contributed by atoms with van der Waals surface area (Å²) in [5, 5.41) is 10.3. The molecule has 0 atom stereocenters. The van der Waals surface area contributed by atoms with Gasteiger partial charge in [0.15, 0.2) is 5.69 Å². The van der Waals surface area contributed by atoms with Crippen LogP contribution in [0.25, 0.3) is 10.9 Å². The number of aromatic carboxylic acids is 1. The number of methoxy groups -OCH3 is 1. The Kier molecular flexibility index (Phi) is 2.90. The summed E-state index contributed by atoms with van der Waals surface area (Å²) < 4.78 is 5.17. The monoisotopic (exact) mass is 251 g/mol. The van der Waals surface area contributed by atoms with Gasteiger partial charge in [0, 0.05) is 16.5 Å². The average Bonchev–Trinajstić information content (AvgIpc) is 2.32. The van der Waals surface area contributed by atoms with Crippen molar-refractivity contribution in [2.75, 3.05) is 7.11 Å². The van der Waals surface area contributed by atoms with Crippen molar-refractivity contribution in [3.8, 4) is 5.75 Å². The molecule has 1 heterocycles. The van der Waals surface area contributed by atoms with Gasteiger partial charge in [0.2, 0.25) is 0 Å². The van der Waals surface area contributed by atoms with Gasteiger partial charge in [-0.2, -0.15) is 0 Å². The number of carbonyl (C=O) groups is 1. The van der Waals surface area contributed by atoms with E-state index in [4.69, 9.17) is 21.4 Å². The number of halogens is 1. The highest BCUT2D eigenvalue weighted by molar-refractivity contribution is 6.32. The molecule has 0 fully saturated rings. The molecular weight excluding hydrogens is 242 g/mol. The van der Waals surface area contributed by atoms with E-state index in [0.717, 1.165) is 10.9 Å². The quantitative estimate of drug-likeness (QED) is 0.892. The predicted octanol–water partition coefficient (Wildman–Crippen LogP) is 2.90. The Labute approximate surface area is 103 Å². The third kappa shape index (κ3) is 1.91. The first-order chi connectivity index (χ1) is 8.04. The van der Waals surface area contributed by atoms with Crippen LogP contribution in [0.2, 0.25) is 5.02 Å². The summed E-state index contributed by atoms with van der Waals surface area (Å²) in [6, 6.07) is 4.91. The predicted molar refractivity (Wildman–Crippen MR) is 65.0 cm³/mol. The summed E-state index contributed by atoms with van der Waals surface area (Å²) in [7, 11) is 1.49. The molecule has 1 N–H and O–H groups in total. The fourth-order valence-electron chi connectivity index (χ4n) is 1.65.